The summed E-state index contributed by atoms with van der Waals surface area (Å²) in [6.45, 7) is 4.62. The van der Waals surface area contributed by atoms with Crippen LogP contribution in [0, 0.1) is 6.92 Å². The molecule has 1 unspecified atom stereocenters. The molecule has 0 aliphatic carbocycles. The average Bonchev–Trinajstić information content (AvgIpc) is 2.96. The van der Waals surface area contributed by atoms with Crippen molar-refractivity contribution in [1.82, 2.24) is 4.72 Å². The SMILES string of the molecule is Cc1ccc(CS(=O)(=O)NC(C)Cc2ccc3c(c2)CCO3)cc1. The van der Waals surface area contributed by atoms with Crippen LogP contribution in [0.5, 0.6) is 5.75 Å². The summed E-state index contributed by atoms with van der Waals surface area (Å²) in [5, 5.41) is 0. The molecule has 2 aromatic carbocycles. The molecule has 1 N–H and O–H groups in total. The van der Waals surface area contributed by atoms with Gasteiger partial charge in [-0.2, -0.15) is 0 Å². The Bertz CT molecular complexity index is 813. The number of nitrogens with one attached hydrogen (secondary N) is 1. The Morgan fingerprint density at radius 3 is 2.58 bits per heavy atom. The van der Waals surface area contributed by atoms with Crippen LogP contribution in [0.15, 0.2) is 42.5 Å². The summed E-state index contributed by atoms with van der Waals surface area (Å²) in [6.07, 6.45) is 1.59. The van der Waals surface area contributed by atoms with E-state index in [2.05, 4.69) is 10.8 Å². The molecule has 5 heteroatoms. The Kier molecular flexibility index (Phi) is 4.92. The summed E-state index contributed by atoms with van der Waals surface area (Å²) in [5.74, 6) is 0.960. The van der Waals surface area contributed by atoms with Crippen molar-refractivity contribution in [2.75, 3.05) is 6.61 Å². The van der Waals surface area contributed by atoms with Gasteiger partial charge in [-0.15, -0.1) is 0 Å². The van der Waals surface area contributed by atoms with Gasteiger partial charge in [-0.1, -0.05) is 42.0 Å². The lowest BCUT2D eigenvalue weighted by Gasteiger charge is -2.15. The van der Waals surface area contributed by atoms with Gasteiger partial charge in [0.05, 0.1) is 12.4 Å². The number of fused-ring (bicyclic) bond motifs is 1. The molecular weight excluding hydrogens is 322 g/mol. The fourth-order valence-electron chi connectivity index (χ4n) is 3.01. The van der Waals surface area contributed by atoms with Crippen molar-refractivity contribution in [1.29, 1.82) is 0 Å². The highest BCUT2D eigenvalue weighted by molar-refractivity contribution is 7.88. The van der Waals surface area contributed by atoms with E-state index in [1.54, 1.807) is 0 Å². The Labute approximate surface area is 143 Å². The monoisotopic (exact) mass is 345 g/mol. The molecule has 0 saturated heterocycles. The zero-order valence-electron chi connectivity index (χ0n) is 14.1. The van der Waals surface area contributed by atoms with Crippen molar-refractivity contribution in [2.45, 2.75) is 38.5 Å². The standard InChI is InChI=1S/C19H23NO3S/c1-14-3-5-16(6-4-14)13-24(21,22)20-15(2)11-17-7-8-19-18(12-17)9-10-23-19/h3-8,12,15,20H,9-11,13H2,1-2H3. The molecule has 0 aromatic heterocycles. The minimum Gasteiger partial charge on any atom is -0.493 e. The zero-order valence-corrected chi connectivity index (χ0v) is 14.9. The van der Waals surface area contributed by atoms with Gasteiger partial charge in [0.15, 0.2) is 0 Å². The highest BCUT2D eigenvalue weighted by Gasteiger charge is 2.17. The number of benzene rings is 2. The summed E-state index contributed by atoms with van der Waals surface area (Å²) in [4.78, 5) is 0. The van der Waals surface area contributed by atoms with E-state index in [9.17, 15) is 8.42 Å². The maximum atomic E-state index is 12.3. The molecular formula is C19H23NO3S. The van der Waals surface area contributed by atoms with Crippen molar-refractivity contribution in [3.63, 3.8) is 0 Å². The minimum absolute atomic E-state index is 0.00957. The van der Waals surface area contributed by atoms with Crippen LogP contribution in [0.25, 0.3) is 0 Å². The van der Waals surface area contributed by atoms with Gasteiger partial charge < -0.3 is 4.74 Å². The van der Waals surface area contributed by atoms with Crippen LogP contribution < -0.4 is 9.46 Å². The molecule has 1 atom stereocenters. The van der Waals surface area contributed by atoms with Crippen LogP contribution >= 0.6 is 0 Å². The quantitative estimate of drug-likeness (QED) is 0.876. The van der Waals surface area contributed by atoms with Gasteiger partial charge in [0, 0.05) is 12.5 Å². The number of hydrogen-bond acceptors (Lipinski definition) is 3. The van der Waals surface area contributed by atoms with Crippen LogP contribution in [0.3, 0.4) is 0 Å². The van der Waals surface area contributed by atoms with Crippen molar-refractivity contribution < 1.29 is 13.2 Å². The van der Waals surface area contributed by atoms with E-state index >= 15 is 0 Å². The first kappa shape index (κ1) is 17.0. The molecule has 0 bridgehead atoms. The third-order valence-corrected chi connectivity index (χ3v) is 5.63. The molecule has 128 valence electrons. The van der Waals surface area contributed by atoms with Crippen molar-refractivity contribution in [3.05, 3.63) is 64.7 Å². The first-order valence-electron chi connectivity index (χ1n) is 8.21. The van der Waals surface area contributed by atoms with Crippen LogP contribution in [-0.4, -0.2) is 21.1 Å². The molecule has 1 heterocycles. The first-order valence-corrected chi connectivity index (χ1v) is 9.87. The summed E-state index contributed by atoms with van der Waals surface area (Å²) >= 11 is 0. The normalized spacial score (nSPS) is 14.9. The smallest absolute Gasteiger partial charge is 0.216 e. The largest absolute Gasteiger partial charge is 0.493 e. The molecule has 0 spiro atoms. The van der Waals surface area contributed by atoms with Gasteiger partial charge in [0.1, 0.15) is 5.75 Å². The van der Waals surface area contributed by atoms with Crippen LogP contribution in [0.4, 0.5) is 0 Å². The van der Waals surface area contributed by atoms with Gasteiger partial charge in [-0.05, 0) is 43.0 Å². The zero-order chi connectivity index (χ0) is 17.2. The predicted octanol–water partition coefficient (Wildman–Crippen LogP) is 2.98. The lowest BCUT2D eigenvalue weighted by Crippen LogP contribution is -2.35. The summed E-state index contributed by atoms with van der Waals surface area (Å²) in [6, 6.07) is 13.5. The van der Waals surface area contributed by atoms with E-state index in [4.69, 9.17) is 4.74 Å². The summed E-state index contributed by atoms with van der Waals surface area (Å²) < 4.78 is 33.0. The van der Waals surface area contributed by atoms with Crippen LogP contribution in [0.2, 0.25) is 0 Å². The second-order valence-corrected chi connectivity index (χ2v) is 8.26. The van der Waals surface area contributed by atoms with E-state index in [1.165, 1.54) is 5.56 Å². The van der Waals surface area contributed by atoms with Crippen LogP contribution in [0.1, 0.15) is 29.2 Å². The Morgan fingerprint density at radius 2 is 1.83 bits per heavy atom. The highest BCUT2D eigenvalue weighted by Crippen LogP contribution is 2.26. The van der Waals surface area contributed by atoms with E-state index < -0.39 is 10.0 Å². The van der Waals surface area contributed by atoms with Gasteiger partial charge >= 0.3 is 0 Å². The Balaban J connectivity index is 1.61. The Morgan fingerprint density at radius 1 is 1.12 bits per heavy atom. The lowest BCUT2D eigenvalue weighted by molar-refractivity contribution is 0.357. The first-order chi connectivity index (χ1) is 11.4. The lowest BCUT2D eigenvalue weighted by atomic mass is 10.0. The third kappa shape index (κ3) is 4.36. The summed E-state index contributed by atoms with van der Waals surface area (Å²) in [5.41, 5.74) is 4.26. The molecule has 1 aliphatic rings. The van der Waals surface area contributed by atoms with Gasteiger partial charge in [0.2, 0.25) is 10.0 Å². The predicted molar refractivity (Wildman–Crippen MR) is 95.7 cm³/mol. The molecule has 3 rings (SSSR count). The fourth-order valence-corrected chi connectivity index (χ4v) is 4.43. The topological polar surface area (TPSA) is 55.4 Å². The Hall–Kier alpha value is -1.85. The molecule has 0 amide bonds. The molecule has 0 fully saturated rings. The maximum Gasteiger partial charge on any atom is 0.216 e. The van der Waals surface area contributed by atoms with Gasteiger partial charge in [-0.25, -0.2) is 13.1 Å². The van der Waals surface area contributed by atoms with E-state index in [0.717, 1.165) is 35.5 Å². The molecule has 0 radical (unpaired) electrons. The number of ether oxygens (including phenoxy) is 1. The van der Waals surface area contributed by atoms with Gasteiger partial charge in [-0.3, -0.25) is 0 Å². The maximum absolute atomic E-state index is 12.3. The van der Waals surface area contributed by atoms with Crippen molar-refractivity contribution in [2.24, 2.45) is 0 Å². The van der Waals surface area contributed by atoms with E-state index in [0.29, 0.717) is 6.42 Å². The average molecular weight is 345 g/mol. The van der Waals surface area contributed by atoms with Crippen LogP contribution in [-0.2, 0) is 28.6 Å². The second kappa shape index (κ2) is 6.95. The molecule has 0 saturated carbocycles. The number of rotatable bonds is 6. The molecule has 2 aromatic rings. The number of aryl methyl sites for hydroxylation is 1. The highest BCUT2D eigenvalue weighted by atomic mass is 32.2. The van der Waals surface area contributed by atoms with Gasteiger partial charge in [0.25, 0.3) is 0 Å². The number of hydrogen-bond donors (Lipinski definition) is 1. The van der Waals surface area contributed by atoms with E-state index in [1.807, 2.05) is 50.2 Å². The fraction of sp³-hybridized carbons (Fsp3) is 0.368. The number of sulfonamides is 1. The van der Waals surface area contributed by atoms with Crippen molar-refractivity contribution in [3.8, 4) is 5.75 Å². The molecule has 4 nitrogen and oxygen atoms in total. The van der Waals surface area contributed by atoms with E-state index in [-0.39, 0.29) is 11.8 Å². The minimum atomic E-state index is -3.35. The van der Waals surface area contributed by atoms with Crippen molar-refractivity contribution >= 4 is 10.0 Å². The third-order valence-electron chi connectivity index (χ3n) is 4.15. The summed E-state index contributed by atoms with van der Waals surface area (Å²) in [7, 11) is -3.35. The second-order valence-electron chi connectivity index (χ2n) is 6.51. The molecule has 1 aliphatic heterocycles. The molecule has 24 heavy (non-hydrogen) atoms.